The summed E-state index contributed by atoms with van der Waals surface area (Å²) in [7, 11) is 0. The fraction of sp³-hybridized carbons (Fsp3) is 0.360. The quantitative estimate of drug-likeness (QED) is 0.611. The first kappa shape index (κ1) is 21.1. The molecule has 7 heteroatoms. The molecule has 2 aliphatic heterocycles. The molecule has 1 atom stereocenters. The molecule has 0 aliphatic carbocycles. The fourth-order valence-corrected chi connectivity index (χ4v) is 6.00. The minimum Gasteiger partial charge on any atom is -0.382 e. The highest BCUT2D eigenvalue weighted by Gasteiger charge is 2.24. The molecule has 2 aliphatic rings. The molecule has 0 spiro atoms. The van der Waals surface area contributed by atoms with Crippen LogP contribution in [0, 0.1) is 6.92 Å². The van der Waals surface area contributed by atoms with Crippen molar-refractivity contribution in [2.75, 3.05) is 55.8 Å². The van der Waals surface area contributed by atoms with E-state index in [0.29, 0.717) is 19.0 Å². The van der Waals surface area contributed by atoms with E-state index in [0.717, 1.165) is 54.9 Å². The molecule has 1 unspecified atom stereocenters. The van der Waals surface area contributed by atoms with Gasteiger partial charge in [0.05, 0.1) is 24.4 Å². The Morgan fingerprint density at radius 1 is 1.16 bits per heavy atom. The molecule has 166 valence electrons. The molecule has 2 aromatic carbocycles. The van der Waals surface area contributed by atoms with Gasteiger partial charge in [-0.3, -0.25) is 4.79 Å². The summed E-state index contributed by atoms with van der Waals surface area (Å²) < 4.78 is 5.50. The summed E-state index contributed by atoms with van der Waals surface area (Å²) in [6, 6.07) is 15.1. The summed E-state index contributed by atoms with van der Waals surface area (Å²) in [5.41, 5.74) is 13.1. The Bertz CT molecular complexity index is 1150. The van der Waals surface area contributed by atoms with Crippen molar-refractivity contribution in [1.82, 2.24) is 9.88 Å². The number of pyridine rings is 1. The summed E-state index contributed by atoms with van der Waals surface area (Å²) >= 11 is 1.93. The monoisotopic (exact) mass is 448 g/mol. The molecular weight excluding hydrogens is 420 g/mol. The second-order valence-corrected chi connectivity index (χ2v) is 9.71. The van der Waals surface area contributed by atoms with Gasteiger partial charge in [-0.2, -0.15) is 11.8 Å². The zero-order valence-electron chi connectivity index (χ0n) is 18.3. The summed E-state index contributed by atoms with van der Waals surface area (Å²) in [4.78, 5) is 20.2. The van der Waals surface area contributed by atoms with Crippen LogP contribution >= 0.6 is 11.8 Å². The molecule has 0 saturated carbocycles. The number of nitrogens with two attached hydrogens (primary N) is 1. The number of morpholine rings is 1. The molecule has 3 heterocycles. The van der Waals surface area contributed by atoms with Crippen LogP contribution in [0.5, 0.6) is 0 Å². The minimum atomic E-state index is 0.271. The second-order valence-electron chi connectivity index (χ2n) is 8.40. The second kappa shape index (κ2) is 9.00. The largest absolute Gasteiger partial charge is 0.382 e. The molecule has 0 radical (unpaired) electrons. The van der Waals surface area contributed by atoms with Crippen molar-refractivity contribution in [1.29, 1.82) is 0 Å². The lowest BCUT2D eigenvalue weighted by Crippen LogP contribution is -2.36. The Kier molecular flexibility index (Phi) is 5.93. The van der Waals surface area contributed by atoms with Gasteiger partial charge in [-0.25, -0.2) is 4.98 Å². The lowest BCUT2D eigenvalue weighted by Gasteiger charge is -2.31. The molecule has 6 nitrogen and oxygen atoms in total. The number of ether oxygens (including phenoxy) is 1. The van der Waals surface area contributed by atoms with Crippen molar-refractivity contribution in [3.05, 3.63) is 53.6 Å². The molecule has 32 heavy (non-hydrogen) atoms. The lowest BCUT2D eigenvalue weighted by atomic mass is 9.92. The number of hydrogen-bond acceptors (Lipinski definition) is 6. The van der Waals surface area contributed by atoms with E-state index in [2.05, 4.69) is 59.3 Å². The standard InChI is InChI=1S/C25H28N4O2S/c1-17-3-2-4-20(23-15-28(16-30)9-12-32-23)24(17)18-5-6-21-19(13-18)14-22(25(26)27-21)29-7-10-31-11-8-29/h2-6,13-14,16,23H,7-12,15H2,1H3,(H2,26,27). The van der Waals surface area contributed by atoms with Gasteiger partial charge in [0.15, 0.2) is 0 Å². The number of thioether (sulfide) groups is 1. The van der Waals surface area contributed by atoms with E-state index in [1.807, 2.05) is 16.7 Å². The van der Waals surface area contributed by atoms with Crippen LogP contribution in [0.2, 0.25) is 0 Å². The Hall–Kier alpha value is -2.77. The molecule has 2 fully saturated rings. The average Bonchev–Trinajstić information content (AvgIpc) is 2.84. The van der Waals surface area contributed by atoms with Gasteiger partial charge in [-0.15, -0.1) is 0 Å². The topological polar surface area (TPSA) is 71.7 Å². The van der Waals surface area contributed by atoms with Crippen LogP contribution in [0.4, 0.5) is 11.5 Å². The number of rotatable bonds is 4. The SMILES string of the molecule is Cc1cccc(C2CN(C=O)CCS2)c1-c1ccc2nc(N)c(N3CCOCC3)cc2c1. The predicted octanol–water partition coefficient (Wildman–Crippen LogP) is 3.88. The fourth-order valence-electron chi connectivity index (χ4n) is 4.70. The Morgan fingerprint density at radius 3 is 2.81 bits per heavy atom. The van der Waals surface area contributed by atoms with Crippen molar-refractivity contribution < 1.29 is 9.53 Å². The van der Waals surface area contributed by atoms with Crippen molar-refractivity contribution in [2.24, 2.45) is 0 Å². The Morgan fingerprint density at radius 2 is 2.00 bits per heavy atom. The maximum atomic E-state index is 11.4. The summed E-state index contributed by atoms with van der Waals surface area (Å²) in [5, 5.41) is 1.35. The van der Waals surface area contributed by atoms with Gasteiger partial charge >= 0.3 is 0 Å². The molecule has 3 aromatic rings. The van der Waals surface area contributed by atoms with Crippen molar-refractivity contribution >= 4 is 40.6 Å². The van der Waals surface area contributed by atoms with Gasteiger partial charge < -0.3 is 20.3 Å². The smallest absolute Gasteiger partial charge is 0.209 e. The number of benzene rings is 2. The van der Waals surface area contributed by atoms with E-state index in [-0.39, 0.29) is 5.25 Å². The van der Waals surface area contributed by atoms with Crippen LogP contribution in [-0.4, -0.2) is 61.4 Å². The van der Waals surface area contributed by atoms with Gasteiger partial charge in [0.2, 0.25) is 6.41 Å². The molecule has 5 rings (SSSR count). The summed E-state index contributed by atoms with van der Waals surface area (Å²) in [5.74, 6) is 1.52. The number of aromatic nitrogens is 1. The highest BCUT2D eigenvalue weighted by molar-refractivity contribution is 7.99. The first-order chi connectivity index (χ1) is 15.6. The third kappa shape index (κ3) is 4.02. The number of anilines is 2. The predicted molar refractivity (Wildman–Crippen MR) is 132 cm³/mol. The number of aryl methyl sites for hydroxylation is 1. The number of carbonyl (C=O) groups is 1. The van der Waals surface area contributed by atoms with Gasteiger partial charge in [0.1, 0.15) is 5.82 Å². The number of hydrogen-bond donors (Lipinski definition) is 1. The number of nitrogens with zero attached hydrogens (tertiary/aromatic N) is 3. The van der Waals surface area contributed by atoms with Crippen LogP contribution in [0.3, 0.4) is 0 Å². The molecule has 2 N–H and O–H groups in total. The van der Waals surface area contributed by atoms with Crippen LogP contribution < -0.4 is 10.6 Å². The van der Waals surface area contributed by atoms with E-state index in [1.54, 1.807) is 0 Å². The van der Waals surface area contributed by atoms with Gasteiger partial charge in [-0.1, -0.05) is 24.3 Å². The van der Waals surface area contributed by atoms with Crippen LogP contribution in [0.1, 0.15) is 16.4 Å². The third-order valence-electron chi connectivity index (χ3n) is 6.36. The lowest BCUT2D eigenvalue weighted by molar-refractivity contribution is -0.118. The van der Waals surface area contributed by atoms with E-state index in [9.17, 15) is 4.79 Å². The third-order valence-corrected chi connectivity index (χ3v) is 7.59. The van der Waals surface area contributed by atoms with Crippen LogP contribution in [0.15, 0.2) is 42.5 Å². The number of amides is 1. The van der Waals surface area contributed by atoms with Crippen molar-refractivity contribution in [3.8, 4) is 11.1 Å². The zero-order chi connectivity index (χ0) is 22.1. The number of fused-ring (bicyclic) bond motifs is 1. The van der Waals surface area contributed by atoms with E-state index in [1.165, 1.54) is 22.3 Å². The van der Waals surface area contributed by atoms with E-state index >= 15 is 0 Å². The van der Waals surface area contributed by atoms with Crippen LogP contribution in [0.25, 0.3) is 22.0 Å². The minimum absolute atomic E-state index is 0.271. The molecule has 2 saturated heterocycles. The normalized spacial score (nSPS) is 19.3. The Balaban J connectivity index is 1.57. The molecular formula is C25H28N4O2S. The maximum Gasteiger partial charge on any atom is 0.209 e. The maximum absolute atomic E-state index is 11.4. The average molecular weight is 449 g/mol. The van der Waals surface area contributed by atoms with Gasteiger partial charge in [0.25, 0.3) is 0 Å². The van der Waals surface area contributed by atoms with Crippen molar-refractivity contribution in [2.45, 2.75) is 12.2 Å². The number of carbonyl (C=O) groups excluding carboxylic acids is 1. The molecule has 1 aromatic heterocycles. The van der Waals surface area contributed by atoms with Crippen molar-refractivity contribution in [3.63, 3.8) is 0 Å². The van der Waals surface area contributed by atoms with Gasteiger partial charge in [-0.05, 0) is 47.4 Å². The Labute approximate surface area is 192 Å². The molecule has 1 amide bonds. The van der Waals surface area contributed by atoms with E-state index in [4.69, 9.17) is 10.5 Å². The summed E-state index contributed by atoms with van der Waals surface area (Å²) in [6.07, 6.45) is 0.974. The highest BCUT2D eigenvalue weighted by atomic mass is 32.2. The highest BCUT2D eigenvalue weighted by Crippen LogP contribution is 2.41. The first-order valence-corrected chi connectivity index (χ1v) is 12.1. The summed E-state index contributed by atoms with van der Waals surface area (Å²) in [6.45, 7) is 6.79. The van der Waals surface area contributed by atoms with Crippen LogP contribution in [-0.2, 0) is 9.53 Å². The molecule has 0 bridgehead atoms. The zero-order valence-corrected chi connectivity index (χ0v) is 19.1. The van der Waals surface area contributed by atoms with Gasteiger partial charge in [0, 0.05) is 42.6 Å². The number of nitrogen functional groups attached to an aromatic ring is 1. The first-order valence-electron chi connectivity index (χ1n) is 11.1. The van der Waals surface area contributed by atoms with E-state index < -0.39 is 0 Å².